The fourth-order valence-corrected chi connectivity index (χ4v) is 6.40. The third-order valence-corrected chi connectivity index (χ3v) is 7.81. The normalized spacial score (nSPS) is 32.5. The number of rotatable bonds is 3. The van der Waals surface area contributed by atoms with Crippen LogP contribution in [0.4, 0.5) is 0 Å². The molecule has 2 aliphatic heterocycles. The Morgan fingerprint density at radius 3 is 2.45 bits per heavy atom. The highest BCUT2D eigenvalue weighted by atomic mass is 32.2. The van der Waals surface area contributed by atoms with E-state index in [0.717, 1.165) is 58.2 Å². The lowest BCUT2D eigenvalue weighted by molar-refractivity contribution is -0.132. The van der Waals surface area contributed by atoms with Gasteiger partial charge in [-0.25, -0.2) is 8.42 Å². The molecule has 1 aliphatic carbocycles. The average Bonchev–Trinajstić information content (AvgIpc) is 2.55. The summed E-state index contributed by atoms with van der Waals surface area (Å²) in [6.45, 7) is 3.14. The molecule has 0 bridgehead atoms. The zero-order valence-corrected chi connectivity index (χ0v) is 14.2. The number of hydrogen-bond acceptors (Lipinski definition) is 4. The van der Waals surface area contributed by atoms with Gasteiger partial charge in [0, 0.05) is 38.6 Å². The number of likely N-dealkylation sites (tertiary alicyclic amines) is 1. The molecule has 0 spiro atoms. The summed E-state index contributed by atoms with van der Waals surface area (Å²) in [7, 11) is -2.91. The molecule has 1 saturated carbocycles. The number of sulfone groups is 1. The molecule has 0 aromatic carbocycles. The van der Waals surface area contributed by atoms with Gasteiger partial charge in [0.1, 0.15) is 0 Å². The number of amides is 1. The topological polar surface area (TPSA) is 57.7 Å². The Morgan fingerprint density at radius 2 is 1.68 bits per heavy atom. The van der Waals surface area contributed by atoms with Gasteiger partial charge in [-0.15, -0.1) is 0 Å². The molecule has 5 nitrogen and oxygen atoms in total. The molecule has 6 heteroatoms. The lowest BCUT2D eigenvalue weighted by Crippen LogP contribution is -2.56. The number of carbonyl (C=O) groups excluding carboxylic acids is 1. The van der Waals surface area contributed by atoms with E-state index in [-0.39, 0.29) is 23.0 Å². The molecule has 0 aromatic rings. The van der Waals surface area contributed by atoms with E-state index in [1.54, 1.807) is 0 Å². The van der Waals surface area contributed by atoms with Crippen molar-refractivity contribution in [2.75, 3.05) is 31.9 Å². The summed E-state index contributed by atoms with van der Waals surface area (Å²) in [4.78, 5) is 16.6. The maximum atomic E-state index is 12.3. The average molecular weight is 328 g/mol. The van der Waals surface area contributed by atoms with Crippen molar-refractivity contribution in [3.05, 3.63) is 0 Å². The highest BCUT2D eigenvalue weighted by Crippen LogP contribution is 2.32. The van der Waals surface area contributed by atoms with Gasteiger partial charge < -0.3 is 4.90 Å². The van der Waals surface area contributed by atoms with Gasteiger partial charge in [0.25, 0.3) is 0 Å². The van der Waals surface area contributed by atoms with Crippen molar-refractivity contribution in [1.82, 2.24) is 9.80 Å². The Bertz CT molecular complexity index is 500. The van der Waals surface area contributed by atoms with Crippen molar-refractivity contribution in [2.24, 2.45) is 0 Å². The predicted molar refractivity (Wildman–Crippen MR) is 86.5 cm³/mol. The lowest BCUT2D eigenvalue weighted by Gasteiger charge is -2.43. The van der Waals surface area contributed by atoms with Crippen LogP contribution in [0, 0.1) is 0 Å². The molecule has 2 atom stereocenters. The second-order valence-electron chi connectivity index (χ2n) is 6.98. The first-order chi connectivity index (χ1) is 10.6. The summed E-state index contributed by atoms with van der Waals surface area (Å²) in [6, 6.07) is 0.154. The minimum absolute atomic E-state index is 0.154. The molecule has 126 valence electrons. The van der Waals surface area contributed by atoms with Crippen LogP contribution in [0.15, 0.2) is 0 Å². The third kappa shape index (κ3) is 3.48. The Hall–Kier alpha value is -0.620. The Morgan fingerprint density at radius 1 is 0.955 bits per heavy atom. The number of piperidine rings is 1. The minimum Gasteiger partial charge on any atom is -0.343 e. The largest absolute Gasteiger partial charge is 0.343 e. The summed E-state index contributed by atoms with van der Waals surface area (Å²) >= 11 is 0. The van der Waals surface area contributed by atoms with Crippen LogP contribution in [0.25, 0.3) is 0 Å². The van der Waals surface area contributed by atoms with Gasteiger partial charge in [-0.3, -0.25) is 9.69 Å². The molecular formula is C16H28N2O3S. The second-order valence-corrected chi connectivity index (χ2v) is 9.32. The van der Waals surface area contributed by atoms with Crippen LogP contribution < -0.4 is 0 Å². The molecule has 1 amide bonds. The van der Waals surface area contributed by atoms with Gasteiger partial charge in [0.15, 0.2) is 9.84 Å². The summed E-state index contributed by atoms with van der Waals surface area (Å²) in [5.41, 5.74) is 0. The molecule has 3 aliphatic rings. The standard InChI is InChI=1S/C16H28N2O3S/c19-16(18-9-4-1-5-10-18)8-11-17-12-13-22(20,21)15-7-3-2-6-14(15)17/h14-15H,1-13H2. The maximum absolute atomic E-state index is 12.3. The molecule has 22 heavy (non-hydrogen) atoms. The van der Waals surface area contributed by atoms with Gasteiger partial charge in [0.05, 0.1) is 11.0 Å². The van der Waals surface area contributed by atoms with Crippen molar-refractivity contribution in [1.29, 1.82) is 0 Å². The van der Waals surface area contributed by atoms with E-state index in [9.17, 15) is 13.2 Å². The fraction of sp³-hybridized carbons (Fsp3) is 0.938. The SMILES string of the molecule is O=C(CCN1CCS(=O)(=O)C2CCCCC21)N1CCCCC1. The first-order valence-electron chi connectivity index (χ1n) is 8.81. The Kier molecular flexibility index (Phi) is 5.07. The molecule has 2 saturated heterocycles. The summed E-state index contributed by atoms with van der Waals surface area (Å²) in [5.74, 6) is 0.520. The number of nitrogens with zero attached hydrogens (tertiary/aromatic N) is 2. The fourth-order valence-electron chi connectivity index (χ4n) is 4.29. The van der Waals surface area contributed by atoms with Crippen LogP contribution in [0.5, 0.6) is 0 Å². The Labute approximate surface area is 134 Å². The summed E-state index contributed by atoms with van der Waals surface area (Å²) in [6.07, 6.45) is 7.96. The molecule has 0 radical (unpaired) electrons. The highest BCUT2D eigenvalue weighted by molar-refractivity contribution is 7.92. The second kappa shape index (κ2) is 6.87. The predicted octanol–water partition coefficient (Wildman–Crippen LogP) is 1.43. The van der Waals surface area contributed by atoms with E-state index < -0.39 is 9.84 Å². The molecule has 3 rings (SSSR count). The van der Waals surface area contributed by atoms with Crippen LogP contribution in [-0.2, 0) is 14.6 Å². The van der Waals surface area contributed by atoms with Crippen LogP contribution in [0.3, 0.4) is 0 Å². The van der Waals surface area contributed by atoms with E-state index in [4.69, 9.17) is 0 Å². The van der Waals surface area contributed by atoms with Crippen molar-refractivity contribution in [3.8, 4) is 0 Å². The molecule has 2 heterocycles. The zero-order valence-electron chi connectivity index (χ0n) is 13.4. The monoisotopic (exact) mass is 328 g/mol. The van der Waals surface area contributed by atoms with Crippen molar-refractivity contribution >= 4 is 15.7 Å². The van der Waals surface area contributed by atoms with E-state index in [2.05, 4.69) is 4.90 Å². The molecule has 0 N–H and O–H groups in total. The smallest absolute Gasteiger partial charge is 0.223 e. The molecule has 2 unspecified atom stereocenters. The van der Waals surface area contributed by atoms with Gasteiger partial charge in [-0.2, -0.15) is 0 Å². The minimum atomic E-state index is -2.91. The van der Waals surface area contributed by atoms with Crippen LogP contribution in [0.1, 0.15) is 51.4 Å². The van der Waals surface area contributed by atoms with Crippen LogP contribution in [-0.4, -0.2) is 67.3 Å². The quantitative estimate of drug-likeness (QED) is 0.786. The van der Waals surface area contributed by atoms with Crippen molar-refractivity contribution in [2.45, 2.75) is 62.7 Å². The summed E-state index contributed by atoms with van der Waals surface area (Å²) < 4.78 is 24.5. The zero-order chi connectivity index (χ0) is 15.6. The van der Waals surface area contributed by atoms with Crippen molar-refractivity contribution in [3.63, 3.8) is 0 Å². The first kappa shape index (κ1) is 16.2. The van der Waals surface area contributed by atoms with E-state index in [0.29, 0.717) is 13.0 Å². The van der Waals surface area contributed by atoms with Crippen molar-refractivity contribution < 1.29 is 13.2 Å². The Balaban J connectivity index is 1.56. The van der Waals surface area contributed by atoms with Crippen LogP contribution in [0.2, 0.25) is 0 Å². The van der Waals surface area contributed by atoms with Crippen LogP contribution >= 0.6 is 0 Å². The number of fused-ring (bicyclic) bond motifs is 1. The third-order valence-electron chi connectivity index (χ3n) is 5.58. The molecular weight excluding hydrogens is 300 g/mol. The molecule has 0 aromatic heterocycles. The first-order valence-corrected chi connectivity index (χ1v) is 10.5. The number of carbonyl (C=O) groups is 1. The highest BCUT2D eigenvalue weighted by Gasteiger charge is 2.42. The lowest BCUT2D eigenvalue weighted by atomic mass is 9.93. The number of hydrogen-bond donors (Lipinski definition) is 0. The van der Waals surface area contributed by atoms with Gasteiger partial charge in [-0.05, 0) is 32.1 Å². The molecule has 3 fully saturated rings. The van der Waals surface area contributed by atoms with E-state index >= 15 is 0 Å². The van der Waals surface area contributed by atoms with E-state index in [1.807, 2.05) is 4.90 Å². The van der Waals surface area contributed by atoms with Gasteiger partial charge in [0.2, 0.25) is 5.91 Å². The van der Waals surface area contributed by atoms with Gasteiger partial charge in [-0.1, -0.05) is 12.8 Å². The maximum Gasteiger partial charge on any atom is 0.223 e. The van der Waals surface area contributed by atoms with E-state index in [1.165, 1.54) is 6.42 Å². The van der Waals surface area contributed by atoms with Gasteiger partial charge >= 0.3 is 0 Å². The summed E-state index contributed by atoms with van der Waals surface area (Å²) in [5, 5.41) is -0.180.